The van der Waals surface area contributed by atoms with Gasteiger partial charge >= 0.3 is 0 Å². The molecule has 0 fully saturated rings. The van der Waals surface area contributed by atoms with E-state index in [0.29, 0.717) is 5.82 Å². The van der Waals surface area contributed by atoms with Crippen LogP contribution in [0.25, 0.3) is 11.3 Å². The Balaban J connectivity index is 2.56. The molecule has 3 heteroatoms. The molecule has 2 N–H and O–H groups in total. The molecule has 0 aliphatic rings. The summed E-state index contributed by atoms with van der Waals surface area (Å²) in [6.45, 7) is 6.27. The first-order valence-corrected chi connectivity index (χ1v) is 5.95. The van der Waals surface area contributed by atoms with Gasteiger partial charge in [-0.15, -0.1) is 0 Å². The van der Waals surface area contributed by atoms with Crippen molar-refractivity contribution in [1.29, 1.82) is 0 Å². The number of aryl methyl sites for hydroxylation is 2. The van der Waals surface area contributed by atoms with Crippen molar-refractivity contribution in [1.82, 2.24) is 5.16 Å². The average Bonchev–Trinajstić information content (AvgIpc) is 2.65. The number of anilines is 1. The molecule has 2 aromatic rings. The highest BCUT2D eigenvalue weighted by molar-refractivity contribution is 5.69. The molecule has 2 rings (SSSR count). The van der Waals surface area contributed by atoms with E-state index in [2.05, 4.69) is 44.1 Å². The molecule has 0 saturated carbocycles. The highest BCUT2D eigenvalue weighted by Gasteiger charge is 2.16. The summed E-state index contributed by atoms with van der Waals surface area (Å²) in [5, 5.41) is 3.89. The van der Waals surface area contributed by atoms with Gasteiger partial charge < -0.3 is 10.3 Å². The minimum atomic E-state index is 0.516. The lowest BCUT2D eigenvalue weighted by Gasteiger charge is -2.05. The molecule has 17 heavy (non-hydrogen) atoms. The Labute approximate surface area is 102 Å². The first-order valence-electron chi connectivity index (χ1n) is 5.95. The molecule has 0 aliphatic carbocycles. The van der Waals surface area contributed by atoms with E-state index in [0.717, 1.165) is 29.7 Å². The van der Waals surface area contributed by atoms with Gasteiger partial charge in [-0.25, -0.2) is 0 Å². The van der Waals surface area contributed by atoms with Crippen molar-refractivity contribution in [3.63, 3.8) is 0 Å². The number of nitrogens with two attached hydrogens (primary N) is 1. The molecule has 90 valence electrons. The molecule has 0 bridgehead atoms. The van der Waals surface area contributed by atoms with E-state index < -0.39 is 0 Å². The molecule has 1 aromatic carbocycles. The predicted molar refractivity (Wildman–Crippen MR) is 69.8 cm³/mol. The molecule has 1 heterocycles. The maximum atomic E-state index is 5.85. The summed E-state index contributed by atoms with van der Waals surface area (Å²) in [5.74, 6) is 1.34. The van der Waals surface area contributed by atoms with Gasteiger partial charge in [0.25, 0.3) is 0 Å². The number of nitrogens with zero attached hydrogens (tertiary/aromatic N) is 1. The maximum Gasteiger partial charge on any atom is 0.172 e. The van der Waals surface area contributed by atoms with E-state index in [1.54, 1.807) is 0 Å². The Hall–Kier alpha value is -1.77. The van der Waals surface area contributed by atoms with Gasteiger partial charge in [0.2, 0.25) is 0 Å². The van der Waals surface area contributed by atoms with Crippen LogP contribution in [0, 0.1) is 13.8 Å². The van der Waals surface area contributed by atoms with Crippen LogP contribution in [0.4, 0.5) is 5.82 Å². The van der Waals surface area contributed by atoms with Crippen molar-refractivity contribution in [2.24, 2.45) is 0 Å². The first kappa shape index (κ1) is 11.7. The van der Waals surface area contributed by atoms with Crippen LogP contribution in [0.5, 0.6) is 0 Å². The molecule has 0 aliphatic heterocycles. The molecule has 0 spiro atoms. The molecule has 1 aromatic heterocycles. The Morgan fingerprint density at radius 2 is 2.06 bits per heavy atom. The van der Waals surface area contributed by atoms with Gasteiger partial charge in [-0.3, -0.25) is 0 Å². The highest BCUT2D eigenvalue weighted by Crippen LogP contribution is 2.31. The molecular weight excluding hydrogens is 212 g/mol. The van der Waals surface area contributed by atoms with E-state index in [-0.39, 0.29) is 0 Å². The summed E-state index contributed by atoms with van der Waals surface area (Å²) in [5.41, 5.74) is 10.4. The van der Waals surface area contributed by atoms with Gasteiger partial charge in [-0.05, 0) is 31.9 Å². The number of rotatable bonds is 3. The van der Waals surface area contributed by atoms with Crippen LogP contribution in [-0.2, 0) is 6.42 Å². The molecule has 0 radical (unpaired) electrons. The molecule has 0 amide bonds. The predicted octanol–water partition coefficient (Wildman–Crippen LogP) is 3.49. The Kier molecular flexibility index (Phi) is 3.18. The van der Waals surface area contributed by atoms with Gasteiger partial charge in [0, 0.05) is 11.1 Å². The van der Waals surface area contributed by atoms with Gasteiger partial charge in [-0.1, -0.05) is 36.2 Å². The van der Waals surface area contributed by atoms with Crippen LogP contribution >= 0.6 is 0 Å². The minimum absolute atomic E-state index is 0.516. The van der Waals surface area contributed by atoms with Crippen molar-refractivity contribution in [2.75, 3.05) is 5.73 Å². The SMILES string of the molecule is CCCc1c(N)noc1-c1cc(C)ccc1C. The lowest BCUT2D eigenvalue weighted by Crippen LogP contribution is -1.93. The normalized spacial score (nSPS) is 10.8. The third kappa shape index (κ3) is 2.18. The fourth-order valence-electron chi connectivity index (χ4n) is 2.01. The van der Waals surface area contributed by atoms with Gasteiger partial charge in [0.05, 0.1) is 0 Å². The zero-order valence-electron chi connectivity index (χ0n) is 10.6. The van der Waals surface area contributed by atoms with E-state index in [9.17, 15) is 0 Å². The van der Waals surface area contributed by atoms with Gasteiger partial charge in [0.1, 0.15) is 0 Å². The van der Waals surface area contributed by atoms with Crippen molar-refractivity contribution < 1.29 is 4.52 Å². The number of hydrogen-bond donors (Lipinski definition) is 1. The number of nitrogen functional groups attached to an aromatic ring is 1. The Bertz CT molecular complexity index is 529. The zero-order chi connectivity index (χ0) is 12.4. The second-order valence-corrected chi connectivity index (χ2v) is 4.44. The largest absolute Gasteiger partial charge is 0.381 e. The van der Waals surface area contributed by atoms with Crippen LogP contribution in [0.3, 0.4) is 0 Å². The molecule has 3 nitrogen and oxygen atoms in total. The van der Waals surface area contributed by atoms with Crippen LogP contribution in [-0.4, -0.2) is 5.16 Å². The van der Waals surface area contributed by atoms with E-state index in [1.807, 2.05) is 0 Å². The summed E-state index contributed by atoms with van der Waals surface area (Å²) in [6, 6.07) is 6.31. The number of benzene rings is 1. The lowest BCUT2D eigenvalue weighted by molar-refractivity contribution is 0.434. The molecular formula is C14H18N2O. The van der Waals surface area contributed by atoms with Crippen LogP contribution in [0.15, 0.2) is 22.7 Å². The number of hydrogen-bond acceptors (Lipinski definition) is 3. The number of aromatic nitrogens is 1. The van der Waals surface area contributed by atoms with Crippen molar-refractivity contribution >= 4 is 5.82 Å². The quantitative estimate of drug-likeness (QED) is 0.878. The summed E-state index contributed by atoms with van der Waals surface area (Å²) < 4.78 is 5.39. The second-order valence-electron chi connectivity index (χ2n) is 4.44. The third-order valence-corrected chi connectivity index (χ3v) is 2.96. The molecule has 0 unspecified atom stereocenters. The third-order valence-electron chi connectivity index (χ3n) is 2.96. The fraction of sp³-hybridized carbons (Fsp3) is 0.357. The lowest BCUT2D eigenvalue weighted by atomic mass is 9.99. The topological polar surface area (TPSA) is 52.0 Å². The van der Waals surface area contributed by atoms with Crippen molar-refractivity contribution in [2.45, 2.75) is 33.6 Å². The molecule has 0 saturated heterocycles. The minimum Gasteiger partial charge on any atom is -0.381 e. The van der Waals surface area contributed by atoms with Crippen LogP contribution < -0.4 is 5.73 Å². The van der Waals surface area contributed by atoms with Gasteiger partial charge in [0.15, 0.2) is 11.6 Å². The monoisotopic (exact) mass is 230 g/mol. The maximum absolute atomic E-state index is 5.85. The Morgan fingerprint density at radius 1 is 1.29 bits per heavy atom. The van der Waals surface area contributed by atoms with E-state index >= 15 is 0 Å². The summed E-state index contributed by atoms with van der Waals surface area (Å²) >= 11 is 0. The van der Waals surface area contributed by atoms with Crippen molar-refractivity contribution in [3.8, 4) is 11.3 Å². The summed E-state index contributed by atoms with van der Waals surface area (Å²) in [7, 11) is 0. The fourth-order valence-corrected chi connectivity index (χ4v) is 2.01. The van der Waals surface area contributed by atoms with Crippen LogP contribution in [0.2, 0.25) is 0 Å². The van der Waals surface area contributed by atoms with E-state index in [1.165, 1.54) is 11.1 Å². The second kappa shape index (κ2) is 4.62. The standard InChI is InChI=1S/C14H18N2O/c1-4-5-11-13(17-16-14(11)15)12-8-9(2)6-7-10(12)3/h6-8H,4-5H2,1-3H3,(H2,15,16). The average molecular weight is 230 g/mol. The zero-order valence-corrected chi connectivity index (χ0v) is 10.6. The summed E-state index contributed by atoms with van der Waals surface area (Å²) in [4.78, 5) is 0. The summed E-state index contributed by atoms with van der Waals surface area (Å²) in [6.07, 6.45) is 1.93. The van der Waals surface area contributed by atoms with Crippen molar-refractivity contribution in [3.05, 3.63) is 34.9 Å². The Morgan fingerprint density at radius 3 is 2.76 bits per heavy atom. The smallest absolute Gasteiger partial charge is 0.172 e. The molecule has 0 atom stereocenters. The van der Waals surface area contributed by atoms with Gasteiger partial charge in [-0.2, -0.15) is 0 Å². The van der Waals surface area contributed by atoms with E-state index in [4.69, 9.17) is 10.3 Å². The first-order chi connectivity index (χ1) is 8.13. The van der Waals surface area contributed by atoms with Crippen LogP contribution in [0.1, 0.15) is 30.0 Å². The highest BCUT2D eigenvalue weighted by atomic mass is 16.5.